The minimum atomic E-state index is -0.784. The number of unbranched alkanes of at least 4 members (excludes halogenated alkanes) is 38. The number of ether oxygens (including phenoxy) is 3. The van der Waals surface area contributed by atoms with Gasteiger partial charge in [0.05, 0.1) is 0 Å². The normalized spacial score (nSPS) is 12.6. The standard InChI is InChI=1S/C74H130O6/c1-4-7-10-13-16-19-22-25-27-28-29-30-31-32-33-34-35-36-37-38-39-40-41-42-43-44-45-46-47-50-52-55-58-61-64-67-73(76)79-70-71(69-78-72(75)66-63-60-57-54-51-48-24-21-18-15-12-9-6-3)80-74(77)68-65-62-59-56-53-49-26-23-20-17-14-11-8-5-2/h7,9-10,12,16,18-19,21,25,27,29-30,48,51,71H,4-6,8,11,13-15,17,20,22-24,26,28,31-47,49-50,52-70H2,1-3H3/b10-7-,12-9-,19-16-,21-18-,27-25-,30-29-,51-48-. The highest BCUT2D eigenvalue weighted by Crippen LogP contribution is 2.18. The van der Waals surface area contributed by atoms with Crippen LogP contribution in [0.1, 0.15) is 348 Å². The average Bonchev–Trinajstić information content (AvgIpc) is 3.46. The van der Waals surface area contributed by atoms with Crippen LogP contribution >= 0.6 is 0 Å². The van der Waals surface area contributed by atoms with E-state index in [1.165, 1.54) is 199 Å². The minimum Gasteiger partial charge on any atom is -0.462 e. The van der Waals surface area contributed by atoms with Gasteiger partial charge in [0.2, 0.25) is 0 Å². The topological polar surface area (TPSA) is 78.9 Å². The van der Waals surface area contributed by atoms with Gasteiger partial charge in [-0.1, -0.05) is 324 Å². The SMILES string of the molecule is CC/C=C\C/C=C\C/C=C\C/C=C\CCCCCCCCCCCCCCCCCCCCCCCCC(=O)OCC(COC(=O)CCCCC/C=C\C/C=C\C/C=C\CC)OC(=O)CCCCCCCCCCCCCCCC. The number of hydrogen-bond donors (Lipinski definition) is 0. The van der Waals surface area contributed by atoms with Gasteiger partial charge in [0, 0.05) is 19.3 Å². The Morgan fingerprint density at radius 2 is 0.487 bits per heavy atom. The van der Waals surface area contributed by atoms with Crippen LogP contribution in [0.15, 0.2) is 85.1 Å². The van der Waals surface area contributed by atoms with E-state index in [4.69, 9.17) is 14.2 Å². The maximum atomic E-state index is 12.9. The van der Waals surface area contributed by atoms with Crippen molar-refractivity contribution in [2.75, 3.05) is 13.2 Å². The molecule has 0 aliphatic heterocycles. The molecule has 0 aromatic rings. The first-order valence-corrected chi connectivity index (χ1v) is 34.6. The average molecular weight is 1120 g/mol. The van der Waals surface area contributed by atoms with Crippen molar-refractivity contribution in [1.82, 2.24) is 0 Å². The Morgan fingerprint density at radius 3 is 0.775 bits per heavy atom. The van der Waals surface area contributed by atoms with Crippen LogP contribution in [-0.2, 0) is 28.6 Å². The number of rotatable bonds is 63. The first-order chi connectivity index (χ1) is 39.5. The highest BCUT2D eigenvalue weighted by atomic mass is 16.6. The lowest BCUT2D eigenvalue weighted by atomic mass is 10.0. The third-order valence-corrected chi connectivity index (χ3v) is 15.1. The molecule has 0 aromatic carbocycles. The minimum absolute atomic E-state index is 0.0799. The van der Waals surface area contributed by atoms with Crippen molar-refractivity contribution in [3.63, 3.8) is 0 Å². The Balaban J connectivity index is 4.07. The van der Waals surface area contributed by atoms with Gasteiger partial charge in [-0.2, -0.15) is 0 Å². The zero-order valence-corrected chi connectivity index (χ0v) is 53.1. The molecule has 0 saturated heterocycles. The van der Waals surface area contributed by atoms with E-state index in [1.807, 2.05) is 0 Å². The fraction of sp³-hybridized carbons (Fsp3) is 0.770. The molecule has 0 aliphatic carbocycles. The van der Waals surface area contributed by atoms with Gasteiger partial charge in [0.15, 0.2) is 6.10 Å². The van der Waals surface area contributed by atoms with E-state index in [-0.39, 0.29) is 31.1 Å². The molecule has 462 valence electrons. The van der Waals surface area contributed by atoms with E-state index in [1.54, 1.807) is 0 Å². The Morgan fingerprint density at radius 1 is 0.263 bits per heavy atom. The van der Waals surface area contributed by atoms with Gasteiger partial charge in [-0.3, -0.25) is 14.4 Å². The molecule has 1 unspecified atom stereocenters. The number of carbonyl (C=O) groups excluding carboxylic acids is 3. The second kappa shape index (κ2) is 68.1. The van der Waals surface area contributed by atoms with Gasteiger partial charge in [-0.25, -0.2) is 0 Å². The number of allylic oxidation sites excluding steroid dienone is 14. The molecule has 0 aliphatic rings. The maximum absolute atomic E-state index is 12.9. The molecule has 6 heteroatoms. The Labute approximate surface area is 496 Å². The molecule has 1 atom stereocenters. The molecule has 0 fully saturated rings. The second-order valence-corrected chi connectivity index (χ2v) is 23.0. The maximum Gasteiger partial charge on any atom is 0.306 e. The summed E-state index contributed by atoms with van der Waals surface area (Å²) in [6.07, 6.45) is 90.6. The number of carbonyl (C=O) groups is 3. The highest BCUT2D eigenvalue weighted by Gasteiger charge is 2.19. The summed E-state index contributed by atoms with van der Waals surface area (Å²) >= 11 is 0. The van der Waals surface area contributed by atoms with Crippen LogP contribution in [0, 0.1) is 0 Å². The molecule has 0 spiro atoms. The van der Waals surface area contributed by atoms with Crippen LogP contribution in [0.3, 0.4) is 0 Å². The molecule has 0 amide bonds. The van der Waals surface area contributed by atoms with Crippen LogP contribution in [-0.4, -0.2) is 37.2 Å². The Kier molecular flexibility index (Phi) is 65.2. The van der Waals surface area contributed by atoms with E-state index in [0.717, 1.165) is 109 Å². The van der Waals surface area contributed by atoms with Crippen molar-refractivity contribution < 1.29 is 28.6 Å². The van der Waals surface area contributed by atoms with Crippen molar-refractivity contribution in [1.29, 1.82) is 0 Å². The molecule has 0 heterocycles. The summed E-state index contributed by atoms with van der Waals surface area (Å²) in [7, 11) is 0. The van der Waals surface area contributed by atoms with Gasteiger partial charge in [0.25, 0.3) is 0 Å². The molecular formula is C74H130O6. The van der Waals surface area contributed by atoms with Crippen molar-refractivity contribution in [3.05, 3.63) is 85.1 Å². The van der Waals surface area contributed by atoms with E-state index < -0.39 is 6.10 Å². The summed E-state index contributed by atoms with van der Waals surface area (Å²) in [5, 5.41) is 0. The molecule has 0 bridgehead atoms. The van der Waals surface area contributed by atoms with E-state index >= 15 is 0 Å². The molecule has 0 radical (unpaired) electrons. The first kappa shape index (κ1) is 76.6. The summed E-state index contributed by atoms with van der Waals surface area (Å²) < 4.78 is 16.9. The van der Waals surface area contributed by atoms with Gasteiger partial charge in [0.1, 0.15) is 13.2 Å². The van der Waals surface area contributed by atoms with Crippen molar-refractivity contribution in [2.45, 2.75) is 354 Å². The fourth-order valence-corrected chi connectivity index (χ4v) is 10.0. The fourth-order valence-electron chi connectivity index (χ4n) is 10.0. The van der Waals surface area contributed by atoms with Crippen molar-refractivity contribution in [3.8, 4) is 0 Å². The summed E-state index contributed by atoms with van der Waals surface area (Å²) in [5.74, 6) is -0.892. The third kappa shape index (κ3) is 65.4. The van der Waals surface area contributed by atoms with Crippen LogP contribution in [0.2, 0.25) is 0 Å². The quantitative estimate of drug-likeness (QED) is 0.0261. The van der Waals surface area contributed by atoms with Crippen LogP contribution < -0.4 is 0 Å². The Hall–Kier alpha value is -3.41. The molecule has 0 rings (SSSR count). The first-order valence-electron chi connectivity index (χ1n) is 34.6. The van der Waals surface area contributed by atoms with E-state index in [9.17, 15) is 14.4 Å². The molecular weight excluding hydrogens is 985 g/mol. The lowest BCUT2D eigenvalue weighted by Crippen LogP contribution is -2.30. The summed E-state index contributed by atoms with van der Waals surface area (Å²) in [6, 6.07) is 0. The predicted molar refractivity (Wildman–Crippen MR) is 348 cm³/mol. The van der Waals surface area contributed by atoms with Gasteiger partial charge in [-0.15, -0.1) is 0 Å². The molecule has 0 saturated carbocycles. The van der Waals surface area contributed by atoms with Gasteiger partial charge < -0.3 is 14.2 Å². The van der Waals surface area contributed by atoms with Crippen molar-refractivity contribution >= 4 is 17.9 Å². The summed E-state index contributed by atoms with van der Waals surface area (Å²) in [5.41, 5.74) is 0. The summed E-state index contributed by atoms with van der Waals surface area (Å²) in [6.45, 7) is 6.43. The molecule has 80 heavy (non-hydrogen) atoms. The van der Waals surface area contributed by atoms with Gasteiger partial charge >= 0.3 is 17.9 Å². The van der Waals surface area contributed by atoms with E-state index in [2.05, 4.69) is 106 Å². The van der Waals surface area contributed by atoms with E-state index in [0.29, 0.717) is 19.3 Å². The summed E-state index contributed by atoms with van der Waals surface area (Å²) in [4.78, 5) is 38.3. The third-order valence-electron chi connectivity index (χ3n) is 15.1. The zero-order chi connectivity index (χ0) is 57.8. The largest absolute Gasteiger partial charge is 0.462 e. The lowest BCUT2D eigenvalue weighted by molar-refractivity contribution is -0.167. The molecule has 6 nitrogen and oxygen atoms in total. The number of esters is 3. The van der Waals surface area contributed by atoms with Crippen molar-refractivity contribution in [2.24, 2.45) is 0 Å². The van der Waals surface area contributed by atoms with Gasteiger partial charge in [-0.05, 0) is 89.9 Å². The van der Waals surface area contributed by atoms with Crippen LogP contribution in [0.25, 0.3) is 0 Å². The van der Waals surface area contributed by atoms with Crippen LogP contribution in [0.4, 0.5) is 0 Å². The predicted octanol–water partition coefficient (Wildman–Crippen LogP) is 23.8. The second-order valence-electron chi connectivity index (χ2n) is 23.0. The monoisotopic (exact) mass is 1110 g/mol. The molecule has 0 N–H and O–H groups in total. The lowest BCUT2D eigenvalue weighted by Gasteiger charge is -2.18. The zero-order valence-electron chi connectivity index (χ0n) is 53.1. The Bertz CT molecular complexity index is 1520. The van der Waals surface area contributed by atoms with Crippen LogP contribution in [0.5, 0.6) is 0 Å². The number of hydrogen-bond acceptors (Lipinski definition) is 6. The highest BCUT2D eigenvalue weighted by molar-refractivity contribution is 5.71. The molecule has 0 aromatic heterocycles. The smallest absolute Gasteiger partial charge is 0.306 e.